The van der Waals surface area contributed by atoms with Crippen LogP contribution in [-0.2, 0) is 26.2 Å². The van der Waals surface area contributed by atoms with Crippen molar-refractivity contribution < 1.29 is 22.7 Å². The second kappa shape index (κ2) is 11.9. The van der Waals surface area contributed by atoms with Gasteiger partial charge in [-0.3, -0.25) is 13.9 Å². The number of rotatable bonds is 11. The Morgan fingerprint density at radius 1 is 1.09 bits per heavy atom. The van der Waals surface area contributed by atoms with Crippen molar-refractivity contribution in [1.29, 1.82) is 0 Å². The molecule has 0 unspecified atom stereocenters. The van der Waals surface area contributed by atoms with Crippen LogP contribution < -0.4 is 14.4 Å². The van der Waals surface area contributed by atoms with Gasteiger partial charge in [-0.15, -0.1) is 0 Å². The van der Waals surface area contributed by atoms with Gasteiger partial charge in [0.15, 0.2) is 0 Å². The number of sulfonamides is 1. The standard InChI is InChI=1S/C23H30ClN3O5S/c1-5-25-23(29)17(3)26(15-18-9-7-8-10-21(18)24)22(28)16-27(33(4,30)31)19-11-13-20(14-12-19)32-6-2/h7-14,17H,5-6,15-16H2,1-4H3,(H,25,29)/t17-/m0/s1. The molecule has 8 nitrogen and oxygen atoms in total. The third kappa shape index (κ3) is 7.36. The molecule has 1 atom stereocenters. The SMILES string of the molecule is CCNC(=O)[C@H](C)N(Cc1ccccc1Cl)C(=O)CN(c1ccc(OCC)cc1)S(C)(=O)=O. The van der Waals surface area contributed by atoms with Gasteiger partial charge in [-0.1, -0.05) is 29.8 Å². The van der Waals surface area contributed by atoms with Crippen LogP contribution in [0, 0.1) is 0 Å². The molecule has 10 heteroatoms. The number of carbonyl (C=O) groups is 2. The summed E-state index contributed by atoms with van der Waals surface area (Å²) < 4.78 is 31.5. The molecule has 1 N–H and O–H groups in total. The Bertz CT molecular complexity index is 1060. The molecular weight excluding hydrogens is 466 g/mol. The van der Waals surface area contributed by atoms with E-state index in [4.69, 9.17) is 16.3 Å². The molecule has 0 radical (unpaired) electrons. The van der Waals surface area contributed by atoms with E-state index in [0.29, 0.717) is 35.2 Å². The van der Waals surface area contributed by atoms with Gasteiger partial charge in [-0.2, -0.15) is 0 Å². The van der Waals surface area contributed by atoms with Gasteiger partial charge < -0.3 is 15.0 Å². The first-order chi connectivity index (χ1) is 15.6. The summed E-state index contributed by atoms with van der Waals surface area (Å²) in [4.78, 5) is 27.2. The van der Waals surface area contributed by atoms with Crippen molar-refractivity contribution >= 4 is 39.1 Å². The molecule has 0 aliphatic rings. The summed E-state index contributed by atoms with van der Waals surface area (Å²) in [7, 11) is -3.79. The summed E-state index contributed by atoms with van der Waals surface area (Å²) in [5.41, 5.74) is 0.966. The number of likely N-dealkylation sites (N-methyl/N-ethyl adjacent to an activating group) is 1. The van der Waals surface area contributed by atoms with Crippen LogP contribution in [0.2, 0.25) is 5.02 Å². The van der Waals surface area contributed by atoms with Gasteiger partial charge in [0.25, 0.3) is 0 Å². The summed E-state index contributed by atoms with van der Waals surface area (Å²) in [5, 5.41) is 3.15. The zero-order valence-electron chi connectivity index (χ0n) is 19.2. The Hall–Kier alpha value is -2.78. The number of benzene rings is 2. The summed E-state index contributed by atoms with van der Waals surface area (Å²) in [6.07, 6.45) is 1.03. The number of anilines is 1. The molecular formula is C23H30ClN3O5S. The highest BCUT2D eigenvalue weighted by atomic mass is 35.5. The lowest BCUT2D eigenvalue weighted by Crippen LogP contribution is -2.51. The fourth-order valence-corrected chi connectivity index (χ4v) is 4.25. The zero-order chi connectivity index (χ0) is 24.6. The van der Waals surface area contributed by atoms with E-state index in [-0.39, 0.29) is 12.5 Å². The van der Waals surface area contributed by atoms with E-state index in [1.807, 2.05) is 6.92 Å². The molecule has 0 heterocycles. The average Bonchev–Trinajstić information content (AvgIpc) is 2.76. The molecule has 2 rings (SSSR count). The van der Waals surface area contributed by atoms with Crippen LogP contribution >= 0.6 is 11.6 Å². The molecule has 0 fully saturated rings. The average molecular weight is 496 g/mol. The molecule has 2 aromatic rings. The lowest BCUT2D eigenvalue weighted by atomic mass is 10.1. The fourth-order valence-electron chi connectivity index (χ4n) is 3.20. The normalized spacial score (nSPS) is 12.0. The van der Waals surface area contributed by atoms with E-state index < -0.39 is 28.5 Å². The van der Waals surface area contributed by atoms with Gasteiger partial charge in [-0.05, 0) is 56.7 Å². The van der Waals surface area contributed by atoms with Crippen molar-refractivity contribution in [1.82, 2.24) is 10.2 Å². The summed E-state index contributed by atoms with van der Waals surface area (Å²) in [6, 6.07) is 12.6. The maximum atomic E-state index is 13.4. The van der Waals surface area contributed by atoms with E-state index >= 15 is 0 Å². The maximum Gasteiger partial charge on any atom is 0.244 e. The highest BCUT2D eigenvalue weighted by Gasteiger charge is 2.30. The molecule has 0 bridgehead atoms. The summed E-state index contributed by atoms with van der Waals surface area (Å²) in [5.74, 6) is -0.288. The number of hydrogen-bond donors (Lipinski definition) is 1. The Morgan fingerprint density at radius 3 is 2.27 bits per heavy atom. The highest BCUT2D eigenvalue weighted by molar-refractivity contribution is 7.92. The topological polar surface area (TPSA) is 96.0 Å². The number of amides is 2. The first kappa shape index (κ1) is 26.5. The van der Waals surface area contributed by atoms with Gasteiger partial charge in [-0.25, -0.2) is 8.42 Å². The van der Waals surface area contributed by atoms with Gasteiger partial charge in [0.05, 0.1) is 18.6 Å². The monoisotopic (exact) mass is 495 g/mol. The quantitative estimate of drug-likeness (QED) is 0.517. The molecule has 0 saturated heterocycles. The fraction of sp³-hybridized carbons (Fsp3) is 0.391. The van der Waals surface area contributed by atoms with Crippen molar-refractivity contribution in [2.24, 2.45) is 0 Å². The third-order valence-electron chi connectivity index (χ3n) is 4.93. The highest BCUT2D eigenvalue weighted by Crippen LogP contribution is 2.23. The van der Waals surface area contributed by atoms with E-state index in [1.165, 1.54) is 4.90 Å². The first-order valence-corrected chi connectivity index (χ1v) is 12.8. The zero-order valence-corrected chi connectivity index (χ0v) is 20.8. The van der Waals surface area contributed by atoms with Gasteiger partial charge >= 0.3 is 0 Å². The Morgan fingerprint density at radius 2 is 1.73 bits per heavy atom. The lowest BCUT2D eigenvalue weighted by molar-refractivity contribution is -0.139. The first-order valence-electron chi connectivity index (χ1n) is 10.6. The lowest BCUT2D eigenvalue weighted by Gasteiger charge is -2.31. The molecule has 0 aromatic heterocycles. The number of carbonyl (C=O) groups excluding carboxylic acids is 2. The maximum absolute atomic E-state index is 13.4. The third-order valence-corrected chi connectivity index (χ3v) is 6.44. The molecule has 0 aliphatic carbocycles. The van der Waals surface area contributed by atoms with Gasteiger partial charge in [0, 0.05) is 18.1 Å². The van der Waals surface area contributed by atoms with Crippen LogP contribution in [0.1, 0.15) is 26.3 Å². The Labute approximate surface area is 200 Å². The van der Waals surface area contributed by atoms with Gasteiger partial charge in [0.1, 0.15) is 18.3 Å². The van der Waals surface area contributed by atoms with Crippen LogP contribution in [-0.4, -0.2) is 57.1 Å². The minimum absolute atomic E-state index is 0.0533. The molecule has 33 heavy (non-hydrogen) atoms. The molecule has 0 aliphatic heterocycles. The van der Waals surface area contributed by atoms with E-state index in [1.54, 1.807) is 62.4 Å². The van der Waals surface area contributed by atoms with E-state index in [9.17, 15) is 18.0 Å². The number of hydrogen-bond acceptors (Lipinski definition) is 5. The summed E-state index contributed by atoms with van der Waals surface area (Å²) >= 11 is 6.28. The minimum atomic E-state index is -3.79. The van der Waals surface area contributed by atoms with Crippen molar-refractivity contribution in [2.75, 3.05) is 30.3 Å². The number of ether oxygens (including phenoxy) is 1. The second-order valence-electron chi connectivity index (χ2n) is 7.38. The molecule has 180 valence electrons. The minimum Gasteiger partial charge on any atom is -0.494 e. The van der Waals surface area contributed by atoms with Crippen LogP contribution in [0.25, 0.3) is 0 Å². The van der Waals surface area contributed by atoms with E-state index in [2.05, 4.69) is 5.32 Å². The van der Waals surface area contributed by atoms with Crippen molar-refractivity contribution in [2.45, 2.75) is 33.4 Å². The predicted molar refractivity (Wildman–Crippen MR) is 130 cm³/mol. The van der Waals surface area contributed by atoms with E-state index in [0.717, 1.165) is 10.6 Å². The number of nitrogens with one attached hydrogen (secondary N) is 1. The molecule has 2 aromatic carbocycles. The van der Waals surface area contributed by atoms with Crippen LogP contribution in [0.3, 0.4) is 0 Å². The van der Waals surface area contributed by atoms with Crippen LogP contribution in [0.4, 0.5) is 5.69 Å². The van der Waals surface area contributed by atoms with Crippen LogP contribution in [0.5, 0.6) is 5.75 Å². The van der Waals surface area contributed by atoms with Crippen molar-refractivity contribution in [3.8, 4) is 5.75 Å². The number of halogens is 1. The largest absolute Gasteiger partial charge is 0.494 e. The summed E-state index contributed by atoms with van der Waals surface area (Å²) in [6.45, 7) is 5.68. The van der Waals surface area contributed by atoms with Crippen molar-refractivity contribution in [3.63, 3.8) is 0 Å². The number of nitrogens with zero attached hydrogens (tertiary/aromatic N) is 2. The van der Waals surface area contributed by atoms with Crippen LogP contribution in [0.15, 0.2) is 48.5 Å². The predicted octanol–water partition coefficient (Wildman–Crippen LogP) is 3.06. The Kier molecular flexibility index (Phi) is 9.55. The Balaban J connectivity index is 2.37. The molecule has 0 spiro atoms. The molecule has 0 saturated carbocycles. The smallest absolute Gasteiger partial charge is 0.244 e. The van der Waals surface area contributed by atoms with Crippen molar-refractivity contribution in [3.05, 3.63) is 59.1 Å². The molecule has 2 amide bonds. The van der Waals surface area contributed by atoms with Gasteiger partial charge in [0.2, 0.25) is 21.8 Å². The second-order valence-corrected chi connectivity index (χ2v) is 9.69.